The minimum Gasteiger partial charge on any atom is -0.465 e. The number of imide groups is 1. The molecule has 0 bridgehead atoms. The maximum Gasteiger partial charge on any atom is 0.411 e. The normalized spacial score (nSPS) is 14.8. The lowest BCUT2D eigenvalue weighted by Crippen LogP contribution is -2.70. The Labute approximate surface area is 261 Å². The Hall–Kier alpha value is -3.76. The van der Waals surface area contributed by atoms with Gasteiger partial charge in [0, 0.05) is 6.42 Å². The molecule has 0 spiro atoms. The van der Waals surface area contributed by atoms with E-state index in [1.54, 1.807) is 13.8 Å². The molecule has 0 fully saturated rings. The van der Waals surface area contributed by atoms with Crippen molar-refractivity contribution in [3.05, 3.63) is 71.8 Å². The molecular formula is C34H50N4O6. The third-order valence-corrected chi connectivity index (χ3v) is 7.99. The summed E-state index contributed by atoms with van der Waals surface area (Å²) in [4.78, 5) is 48.2. The van der Waals surface area contributed by atoms with Gasteiger partial charge in [-0.25, -0.2) is 9.59 Å². The van der Waals surface area contributed by atoms with E-state index in [-0.39, 0.29) is 30.2 Å². The van der Waals surface area contributed by atoms with E-state index in [1.807, 2.05) is 79.8 Å². The van der Waals surface area contributed by atoms with Crippen LogP contribution in [0.4, 0.5) is 9.59 Å². The fourth-order valence-corrected chi connectivity index (χ4v) is 5.60. The molecule has 4 unspecified atom stereocenters. The predicted octanol–water partition coefficient (Wildman–Crippen LogP) is 5.22. The van der Waals surface area contributed by atoms with Gasteiger partial charge in [-0.2, -0.15) is 0 Å². The Balaban J connectivity index is 2.41. The molecule has 2 rings (SSSR count). The molecule has 3 amide bonds. The molecular weight excluding hydrogens is 560 g/mol. The molecule has 0 radical (unpaired) electrons. The number of unbranched alkanes of at least 4 members (excludes halogenated alkanes) is 3. The van der Waals surface area contributed by atoms with Crippen molar-refractivity contribution in [1.29, 1.82) is 0 Å². The topological polar surface area (TPSA) is 157 Å². The van der Waals surface area contributed by atoms with Gasteiger partial charge in [-0.05, 0) is 54.7 Å². The Kier molecular flexibility index (Phi) is 15.6. The lowest BCUT2D eigenvalue weighted by atomic mass is 9.78. The van der Waals surface area contributed by atoms with Crippen LogP contribution in [-0.2, 0) is 22.4 Å². The van der Waals surface area contributed by atoms with Crippen LogP contribution in [0.25, 0.3) is 0 Å². The third kappa shape index (κ3) is 12.5. The van der Waals surface area contributed by atoms with Gasteiger partial charge in [0.25, 0.3) is 0 Å². The van der Waals surface area contributed by atoms with E-state index in [1.165, 1.54) is 0 Å². The van der Waals surface area contributed by atoms with Crippen molar-refractivity contribution in [3.8, 4) is 0 Å². The third-order valence-electron chi connectivity index (χ3n) is 7.99. The summed E-state index contributed by atoms with van der Waals surface area (Å²) in [5.41, 5.74) is 0.593. The molecule has 0 aliphatic carbocycles. The van der Waals surface area contributed by atoms with Gasteiger partial charge in [0.2, 0.25) is 5.91 Å². The summed E-state index contributed by atoms with van der Waals surface area (Å²) < 4.78 is 0. The van der Waals surface area contributed by atoms with Gasteiger partial charge in [0.05, 0.1) is 12.1 Å². The number of hydrogen-bond donors (Lipinski definition) is 6. The van der Waals surface area contributed by atoms with Gasteiger partial charge in [0.1, 0.15) is 11.9 Å². The molecule has 0 aromatic heterocycles. The van der Waals surface area contributed by atoms with Crippen LogP contribution in [0.15, 0.2) is 60.7 Å². The van der Waals surface area contributed by atoms with Crippen LogP contribution < -0.4 is 21.3 Å². The number of nitrogens with one attached hydrogen (secondary N) is 4. The quantitative estimate of drug-likeness (QED) is 0.0677. The Bertz CT molecular complexity index is 1160. The summed E-state index contributed by atoms with van der Waals surface area (Å²) in [6.45, 7) is 8.34. The lowest BCUT2D eigenvalue weighted by molar-refractivity contribution is -0.124. The summed E-state index contributed by atoms with van der Waals surface area (Å²) in [5.74, 6) is -1.15. The molecule has 44 heavy (non-hydrogen) atoms. The Morgan fingerprint density at radius 3 is 1.91 bits per heavy atom. The van der Waals surface area contributed by atoms with E-state index in [0.717, 1.165) is 49.6 Å². The van der Waals surface area contributed by atoms with E-state index in [9.17, 15) is 29.4 Å². The number of carbonyl (C=O) groups is 4. The van der Waals surface area contributed by atoms with Gasteiger partial charge >= 0.3 is 12.2 Å². The highest BCUT2D eigenvalue weighted by Crippen LogP contribution is 2.31. The number of rotatable bonds is 20. The molecule has 10 nitrogen and oxygen atoms in total. The van der Waals surface area contributed by atoms with E-state index < -0.39 is 29.8 Å². The predicted molar refractivity (Wildman–Crippen MR) is 171 cm³/mol. The van der Waals surface area contributed by atoms with Gasteiger partial charge < -0.3 is 25.6 Å². The van der Waals surface area contributed by atoms with Crippen LogP contribution >= 0.6 is 0 Å². The first-order valence-electron chi connectivity index (χ1n) is 15.6. The number of hydrogen-bond acceptors (Lipinski definition) is 6. The van der Waals surface area contributed by atoms with Crippen LogP contribution in [0.1, 0.15) is 70.9 Å². The summed E-state index contributed by atoms with van der Waals surface area (Å²) >= 11 is 0. The summed E-state index contributed by atoms with van der Waals surface area (Å²) in [5, 5.41) is 30.8. The first-order chi connectivity index (χ1) is 21.0. The van der Waals surface area contributed by atoms with Crippen molar-refractivity contribution in [2.45, 2.75) is 90.4 Å². The molecule has 4 atom stereocenters. The first-order valence-corrected chi connectivity index (χ1v) is 15.6. The molecule has 2 aromatic carbocycles. The molecule has 6 N–H and O–H groups in total. The smallest absolute Gasteiger partial charge is 0.411 e. The second-order valence-corrected chi connectivity index (χ2v) is 12.2. The monoisotopic (exact) mass is 610 g/mol. The van der Waals surface area contributed by atoms with Crippen molar-refractivity contribution < 1.29 is 29.4 Å². The van der Waals surface area contributed by atoms with Crippen LogP contribution in [0.5, 0.6) is 0 Å². The van der Waals surface area contributed by atoms with Crippen molar-refractivity contribution in [2.75, 3.05) is 6.54 Å². The molecule has 2 aromatic rings. The Morgan fingerprint density at radius 2 is 1.39 bits per heavy atom. The molecule has 242 valence electrons. The van der Waals surface area contributed by atoms with E-state index >= 15 is 0 Å². The van der Waals surface area contributed by atoms with Crippen molar-refractivity contribution in [1.82, 2.24) is 21.3 Å². The highest BCUT2D eigenvalue weighted by atomic mass is 16.4. The van der Waals surface area contributed by atoms with Crippen LogP contribution in [0, 0.1) is 17.8 Å². The Morgan fingerprint density at radius 1 is 0.795 bits per heavy atom. The SMILES string of the molecule is CC(C)C(C=O)NCCCCCCC(Cc1ccccc1)C(Cc1ccccc1)(NC(=O)O)NC(C(=O)NC(=O)O)C(C)C. The largest absolute Gasteiger partial charge is 0.465 e. The number of carbonyl (C=O) groups excluding carboxylic acids is 2. The van der Waals surface area contributed by atoms with Gasteiger partial charge in [-0.15, -0.1) is 0 Å². The van der Waals surface area contributed by atoms with Crippen LogP contribution in [0.3, 0.4) is 0 Å². The maximum atomic E-state index is 13.1. The zero-order chi connectivity index (χ0) is 32.5. The van der Waals surface area contributed by atoms with Crippen LogP contribution in [0.2, 0.25) is 0 Å². The van der Waals surface area contributed by atoms with Crippen molar-refractivity contribution >= 4 is 24.4 Å². The summed E-state index contributed by atoms with van der Waals surface area (Å²) in [6, 6.07) is 18.1. The molecule has 0 heterocycles. The first kappa shape index (κ1) is 36.4. The van der Waals surface area contributed by atoms with Crippen molar-refractivity contribution in [3.63, 3.8) is 0 Å². The van der Waals surface area contributed by atoms with E-state index in [4.69, 9.17) is 0 Å². The zero-order valence-corrected chi connectivity index (χ0v) is 26.4. The number of amides is 3. The van der Waals surface area contributed by atoms with Gasteiger partial charge in [-0.1, -0.05) is 108 Å². The molecule has 0 aliphatic rings. The minimum absolute atomic E-state index is 0.163. The van der Waals surface area contributed by atoms with E-state index in [2.05, 4.69) is 16.0 Å². The van der Waals surface area contributed by atoms with Crippen LogP contribution in [-0.4, -0.2) is 58.9 Å². The minimum atomic E-state index is -1.47. The maximum absolute atomic E-state index is 13.1. The average molecular weight is 611 g/mol. The lowest BCUT2D eigenvalue weighted by Gasteiger charge is -2.45. The van der Waals surface area contributed by atoms with E-state index in [0.29, 0.717) is 12.8 Å². The fourth-order valence-electron chi connectivity index (χ4n) is 5.60. The van der Waals surface area contributed by atoms with Gasteiger partial charge in [-0.3, -0.25) is 15.4 Å². The summed E-state index contributed by atoms with van der Waals surface area (Å²) in [7, 11) is 0. The number of benzene rings is 2. The van der Waals surface area contributed by atoms with Crippen molar-refractivity contribution in [2.24, 2.45) is 17.8 Å². The second-order valence-electron chi connectivity index (χ2n) is 12.2. The molecule has 10 heteroatoms. The summed E-state index contributed by atoms with van der Waals surface area (Å²) in [6.07, 6.45) is 3.23. The highest BCUT2D eigenvalue weighted by Gasteiger charge is 2.44. The standard InChI is InChI=1S/C34H50N4O6/c1-24(2)29(23-39)35-20-14-6-5-13-19-28(21-26-15-9-7-10-16-26)34(38-33(43)44,22-27-17-11-8-12-18-27)37-30(25(3)4)31(40)36-32(41)42/h7-12,15-18,23-25,28-30,35,37-38H,5-6,13-14,19-22H2,1-4H3,(H,36,40)(H,41,42)(H,43,44). The molecule has 0 saturated carbocycles. The number of aldehydes is 1. The molecule has 0 aliphatic heterocycles. The number of carboxylic acid groups (broad SMARTS) is 2. The zero-order valence-electron chi connectivity index (χ0n) is 26.4. The highest BCUT2D eigenvalue weighted by molar-refractivity contribution is 5.94. The fraction of sp³-hybridized carbons (Fsp3) is 0.529. The van der Waals surface area contributed by atoms with Gasteiger partial charge in [0.15, 0.2) is 0 Å². The average Bonchev–Trinajstić information content (AvgIpc) is 2.96. The molecule has 0 saturated heterocycles. The second kappa shape index (κ2) is 18.8.